The number of methoxy groups -OCH3 is 1. The van der Waals surface area contributed by atoms with Crippen molar-refractivity contribution in [2.45, 2.75) is 18.0 Å². The highest BCUT2D eigenvalue weighted by Gasteiger charge is 2.31. The molecule has 4 rings (SSSR count). The molecule has 0 atom stereocenters. The SMILES string of the molecule is COC(=O)c1ccccc1S(=O)(=O)N1CCOc2ccc(C(=O)NCc3ccccc3)cc2C1. The number of nitrogens with one attached hydrogen (secondary N) is 1. The highest BCUT2D eigenvalue weighted by atomic mass is 32.2. The molecule has 0 unspecified atom stereocenters. The van der Waals surface area contributed by atoms with Crippen LogP contribution in [0.15, 0.2) is 77.7 Å². The summed E-state index contributed by atoms with van der Waals surface area (Å²) < 4.78 is 38.6. The first-order chi connectivity index (χ1) is 16.4. The van der Waals surface area contributed by atoms with E-state index in [2.05, 4.69) is 5.32 Å². The summed E-state index contributed by atoms with van der Waals surface area (Å²) in [6, 6.07) is 20.4. The van der Waals surface area contributed by atoms with Crippen molar-refractivity contribution < 1.29 is 27.5 Å². The van der Waals surface area contributed by atoms with E-state index in [4.69, 9.17) is 9.47 Å². The van der Waals surface area contributed by atoms with Gasteiger partial charge in [-0.1, -0.05) is 42.5 Å². The number of nitrogens with zero attached hydrogens (tertiary/aromatic N) is 1. The zero-order valence-electron chi connectivity index (χ0n) is 18.6. The molecule has 34 heavy (non-hydrogen) atoms. The maximum Gasteiger partial charge on any atom is 0.339 e. The van der Waals surface area contributed by atoms with E-state index in [0.29, 0.717) is 23.4 Å². The molecule has 0 saturated heterocycles. The van der Waals surface area contributed by atoms with E-state index >= 15 is 0 Å². The lowest BCUT2D eigenvalue weighted by molar-refractivity contribution is 0.0596. The number of fused-ring (bicyclic) bond motifs is 1. The van der Waals surface area contributed by atoms with Gasteiger partial charge < -0.3 is 14.8 Å². The molecule has 1 aliphatic rings. The molecule has 1 heterocycles. The average molecular weight is 481 g/mol. The quantitative estimate of drug-likeness (QED) is 0.545. The average Bonchev–Trinajstić information content (AvgIpc) is 3.10. The first-order valence-electron chi connectivity index (χ1n) is 10.7. The molecular formula is C25H24N2O6S. The highest BCUT2D eigenvalue weighted by molar-refractivity contribution is 7.89. The lowest BCUT2D eigenvalue weighted by atomic mass is 10.1. The van der Waals surface area contributed by atoms with E-state index in [1.165, 1.54) is 23.5 Å². The van der Waals surface area contributed by atoms with E-state index in [-0.39, 0.29) is 36.1 Å². The van der Waals surface area contributed by atoms with Crippen molar-refractivity contribution in [3.63, 3.8) is 0 Å². The fourth-order valence-electron chi connectivity index (χ4n) is 3.71. The third kappa shape index (κ3) is 4.95. The Morgan fingerprint density at radius 1 is 1.03 bits per heavy atom. The Labute approximate surface area is 198 Å². The third-order valence-corrected chi connectivity index (χ3v) is 7.38. The van der Waals surface area contributed by atoms with E-state index in [0.717, 1.165) is 5.56 Å². The van der Waals surface area contributed by atoms with Crippen LogP contribution in [0.25, 0.3) is 0 Å². The smallest absolute Gasteiger partial charge is 0.339 e. The first-order valence-corrected chi connectivity index (χ1v) is 12.1. The summed E-state index contributed by atoms with van der Waals surface area (Å²) in [5.74, 6) is -0.497. The Morgan fingerprint density at radius 3 is 2.53 bits per heavy atom. The molecule has 0 spiro atoms. The van der Waals surface area contributed by atoms with Crippen molar-refractivity contribution in [1.82, 2.24) is 9.62 Å². The summed E-state index contributed by atoms with van der Waals surface area (Å²) in [5, 5.41) is 2.87. The second-order valence-electron chi connectivity index (χ2n) is 7.67. The number of hydrogen-bond donors (Lipinski definition) is 1. The summed E-state index contributed by atoms with van der Waals surface area (Å²) in [5.41, 5.74) is 1.89. The standard InChI is InChI=1S/C25H24N2O6S/c1-32-25(29)21-9-5-6-10-23(21)34(30,31)27-13-14-33-22-12-11-19(15-20(22)17-27)24(28)26-16-18-7-3-2-4-8-18/h2-12,15H,13-14,16-17H2,1H3,(H,26,28). The number of amides is 1. The zero-order valence-corrected chi connectivity index (χ0v) is 19.4. The van der Waals surface area contributed by atoms with Gasteiger partial charge in [-0.05, 0) is 35.9 Å². The Kier molecular flexibility index (Phi) is 6.95. The van der Waals surface area contributed by atoms with E-state index in [9.17, 15) is 18.0 Å². The number of hydrogen-bond acceptors (Lipinski definition) is 6. The van der Waals surface area contributed by atoms with Crippen LogP contribution in [0.3, 0.4) is 0 Å². The summed E-state index contributed by atoms with van der Waals surface area (Å²) >= 11 is 0. The van der Waals surface area contributed by atoms with Gasteiger partial charge in [0.15, 0.2) is 0 Å². The second-order valence-corrected chi connectivity index (χ2v) is 9.57. The minimum absolute atomic E-state index is 0.00697. The molecular weight excluding hydrogens is 456 g/mol. The molecule has 176 valence electrons. The molecule has 0 bridgehead atoms. The molecule has 0 saturated carbocycles. The predicted molar refractivity (Wildman–Crippen MR) is 125 cm³/mol. The van der Waals surface area contributed by atoms with Crippen LogP contribution in [0.1, 0.15) is 31.8 Å². The van der Waals surface area contributed by atoms with Crippen LogP contribution in [0.5, 0.6) is 5.75 Å². The number of carbonyl (C=O) groups excluding carboxylic acids is 2. The summed E-state index contributed by atoms with van der Waals surface area (Å²) in [6.45, 7) is 0.583. The number of rotatable bonds is 6. The van der Waals surface area contributed by atoms with Gasteiger partial charge in [-0.25, -0.2) is 13.2 Å². The van der Waals surface area contributed by atoms with Crippen LogP contribution < -0.4 is 10.1 Å². The summed E-state index contributed by atoms with van der Waals surface area (Å²) in [6.07, 6.45) is 0. The maximum atomic E-state index is 13.5. The monoisotopic (exact) mass is 480 g/mol. The second kappa shape index (κ2) is 10.1. The number of sulfonamides is 1. The zero-order chi connectivity index (χ0) is 24.1. The predicted octanol–water partition coefficient (Wildman–Crippen LogP) is 2.99. The largest absolute Gasteiger partial charge is 0.492 e. The lowest BCUT2D eigenvalue weighted by Gasteiger charge is -2.21. The van der Waals surface area contributed by atoms with E-state index < -0.39 is 16.0 Å². The number of carbonyl (C=O) groups is 2. The topological polar surface area (TPSA) is 102 Å². The van der Waals surface area contributed by atoms with E-state index in [1.54, 1.807) is 30.3 Å². The Morgan fingerprint density at radius 2 is 1.76 bits per heavy atom. The maximum absolute atomic E-state index is 13.5. The minimum Gasteiger partial charge on any atom is -0.492 e. The van der Waals surface area contributed by atoms with Gasteiger partial charge in [-0.3, -0.25) is 4.79 Å². The van der Waals surface area contributed by atoms with Gasteiger partial charge in [-0.15, -0.1) is 0 Å². The van der Waals surface area contributed by atoms with Crippen LogP contribution in [-0.2, 0) is 27.8 Å². The molecule has 3 aromatic rings. The van der Waals surface area contributed by atoms with Gasteiger partial charge in [0.25, 0.3) is 5.91 Å². The van der Waals surface area contributed by atoms with E-state index in [1.807, 2.05) is 30.3 Å². The van der Waals surface area contributed by atoms with Crippen LogP contribution in [0.2, 0.25) is 0 Å². The third-order valence-electron chi connectivity index (χ3n) is 5.47. The van der Waals surface area contributed by atoms with Crippen LogP contribution in [0.4, 0.5) is 0 Å². The van der Waals surface area contributed by atoms with Crippen molar-refractivity contribution >= 4 is 21.9 Å². The molecule has 0 aromatic heterocycles. The number of benzene rings is 3. The summed E-state index contributed by atoms with van der Waals surface area (Å²) in [4.78, 5) is 24.7. The van der Waals surface area contributed by atoms with Crippen LogP contribution >= 0.6 is 0 Å². The van der Waals surface area contributed by atoms with Gasteiger partial charge in [0.05, 0.1) is 17.6 Å². The molecule has 0 radical (unpaired) electrons. The van der Waals surface area contributed by atoms with Gasteiger partial charge in [0, 0.05) is 30.8 Å². The Balaban J connectivity index is 1.58. The Hall–Kier alpha value is -3.69. The Bertz CT molecular complexity index is 1310. The molecule has 0 fully saturated rings. The number of ether oxygens (including phenoxy) is 2. The summed E-state index contributed by atoms with van der Waals surface area (Å²) in [7, 11) is -2.84. The molecule has 0 aliphatic carbocycles. The van der Waals surface area contributed by atoms with Crippen molar-refractivity contribution in [2.24, 2.45) is 0 Å². The van der Waals surface area contributed by atoms with Crippen molar-refractivity contribution in [3.8, 4) is 5.75 Å². The van der Waals surface area contributed by atoms with Gasteiger partial charge in [0.1, 0.15) is 12.4 Å². The molecule has 3 aromatic carbocycles. The van der Waals surface area contributed by atoms with Gasteiger partial charge >= 0.3 is 5.97 Å². The van der Waals surface area contributed by atoms with Crippen LogP contribution in [0, 0.1) is 0 Å². The van der Waals surface area contributed by atoms with Crippen molar-refractivity contribution in [3.05, 3.63) is 95.1 Å². The first kappa shape index (κ1) is 23.5. The van der Waals surface area contributed by atoms with Crippen LogP contribution in [-0.4, -0.2) is 44.9 Å². The molecule has 8 nitrogen and oxygen atoms in total. The fraction of sp³-hybridized carbons (Fsp3) is 0.200. The molecule has 1 amide bonds. The van der Waals surface area contributed by atoms with Crippen molar-refractivity contribution in [2.75, 3.05) is 20.3 Å². The van der Waals surface area contributed by atoms with Crippen molar-refractivity contribution in [1.29, 1.82) is 0 Å². The van der Waals surface area contributed by atoms with Gasteiger partial charge in [0.2, 0.25) is 10.0 Å². The van der Waals surface area contributed by atoms with Gasteiger partial charge in [-0.2, -0.15) is 4.31 Å². The number of esters is 1. The minimum atomic E-state index is -4.04. The lowest BCUT2D eigenvalue weighted by Crippen LogP contribution is -2.33. The molecule has 9 heteroatoms. The molecule has 1 N–H and O–H groups in total. The highest BCUT2D eigenvalue weighted by Crippen LogP contribution is 2.29. The fourth-order valence-corrected chi connectivity index (χ4v) is 5.29. The molecule has 1 aliphatic heterocycles. The normalized spacial score (nSPS) is 13.8.